The predicted octanol–water partition coefficient (Wildman–Crippen LogP) is 1.31. The molecule has 0 aromatic carbocycles. The van der Waals surface area contributed by atoms with Gasteiger partial charge >= 0.3 is 0 Å². The minimum absolute atomic E-state index is 0.0688. The molecule has 3 rings (SSSR count). The van der Waals surface area contributed by atoms with Crippen molar-refractivity contribution in [2.24, 2.45) is 11.8 Å². The number of pyridine rings is 1. The number of hydrogen-bond acceptors (Lipinski definition) is 6. The fourth-order valence-corrected chi connectivity index (χ4v) is 4.10. The number of anilines is 1. The van der Waals surface area contributed by atoms with Crippen molar-refractivity contribution in [2.45, 2.75) is 44.6 Å². The number of halogens is 1. The summed E-state index contributed by atoms with van der Waals surface area (Å²) in [4.78, 5) is 40.3. The summed E-state index contributed by atoms with van der Waals surface area (Å²) in [5.74, 6) is -1.73. The van der Waals surface area contributed by atoms with Crippen LogP contribution >= 0.6 is 0 Å². The monoisotopic (exact) mass is 407 g/mol. The molecule has 0 bridgehead atoms. The van der Waals surface area contributed by atoms with E-state index in [2.05, 4.69) is 15.7 Å². The summed E-state index contributed by atoms with van der Waals surface area (Å²) in [7, 11) is 0. The lowest BCUT2D eigenvalue weighted by atomic mass is 9.92. The first-order chi connectivity index (χ1) is 14.0. The van der Waals surface area contributed by atoms with E-state index in [0.29, 0.717) is 30.4 Å². The highest BCUT2D eigenvalue weighted by Crippen LogP contribution is 2.31. The van der Waals surface area contributed by atoms with E-state index in [9.17, 15) is 24.0 Å². The molecule has 1 unspecified atom stereocenters. The molecular formula is C19H26FN5O4. The molecule has 1 saturated heterocycles. The Morgan fingerprint density at radius 3 is 2.83 bits per heavy atom. The number of rotatable bonds is 8. The van der Waals surface area contributed by atoms with Crippen LogP contribution in [0.1, 0.15) is 38.5 Å². The van der Waals surface area contributed by atoms with Crippen LogP contribution in [0.15, 0.2) is 18.2 Å². The van der Waals surface area contributed by atoms with Crippen molar-refractivity contribution >= 4 is 24.0 Å². The SMILES string of the molecule is O=CN(O)CC(CC1CCCC1)C(=O)N1NCC[C@H]1C(=O)Nc1cccc(F)n1. The van der Waals surface area contributed by atoms with E-state index in [1.807, 2.05) is 0 Å². The standard InChI is InChI=1S/C19H26FN5O4/c20-16-6-3-7-17(22-16)23-18(27)15-8-9-21-25(15)19(28)14(11-24(29)12-26)10-13-4-1-2-5-13/h3,6-7,12-15,21,29H,1-2,4-5,8-11H2,(H,22,23,27)/t14?,15-/m0/s1. The zero-order valence-corrected chi connectivity index (χ0v) is 16.1. The summed E-state index contributed by atoms with van der Waals surface area (Å²) >= 11 is 0. The maximum atomic E-state index is 13.3. The molecule has 2 atom stereocenters. The quantitative estimate of drug-likeness (QED) is 0.259. The zero-order chi connectivity index (χ0) is 20.8. The molecule has 0 spiro atoms. The molecule has 158 valence electrons. The molecule has 0 radical (unpaired) electrons. The van der Waals surface area contributed by atoms with Crippen molar-refractivity contribution in [2.75, 3.05) is 18.4 Å². The van der Waals surface area contributed by atoms with Gasteiger partial charge in [0.1, 0.15) is 11.9 Å². The molecule has 2 heterocycles. The van der Waals surface area contributed by atoms with Gasteiger partial charge < -0.3 is 5.32 Å². The van der Waals surface area contributed by atoms with E-state index >= 15 is 0 Å². The molecule has 1 aromatic heterocycles. The zero-order valence-electron chi connectivity index (χ0n) is 16.1. The third-order valence-electron chi connectivity index (χ3n) is 5.49. The summed E-state index contributed by atoms with van der Waals surface area (Å²) < 4.78 is 13.3. The number of hydrogen-bond donors (Lipinski definition) is 3. The first-order valence-electron chi connectivity index (χ1n) is 9.88. The van der Waals surface area contributed by atoms with E-state index in [1.165, 1.54) is 23.2 Å². The Kier molecular flexibility index (Phi) is 7.10. The van der Waals surface area contributed by atoms with Gasteiger partial charge in [0, 0.05) is 6.54 Å². The van der Waals surface area contributed by atoms with Crippen molar-refractivity contribution in [3.05, 3.63) is 24.1 Å². The van der Waals surface area contributed by atoms with Gasteiger partial charge in [-0.3, -0.25) is 24.6 Å². The summed E-state index contributed by atoms with van der Waals surface area (Å²) in [6.45, 7) is 0.296. The highest BCUT2D eigenvalue weighted by atomic mass is 19.1. The normalized spacial score (nSPS) is 20.5. The Hall–Kier alpha value is -2.59. The predicted molar refractivity (Wildman–Crippen MR) is 101 cm³/mol. The Morgan fingerprint density at radius 1 is 1.38 bits per heavy atom. The Labute approximate surface area is 168 Å². The number of nitrogens with zero attached hydrogens (tertiary/aromatic N) is 3. The van der Waals surface area contributed by atoms with Crippen LogP contribution in [0.3, 0.4) is 0 Å². The average Bonchev–Trinajstić information content (AvgIpc) is 3.38. The molecule has 1 aliphatic heterocycles. The highest BCUT2D eigenvalue weighted by molar-refractivity contribution is 5.97. The number of carbonyl (C=O) groups is 3. The van der Waals surface area contributed by atoms with Gasteiger partial charge in [-0.1, -0.05) is 31.7 Å². The number of amides is 3. The van der Waals surface area contributed by atoms with Crippen molar-refractivity contribution < 1.29 is 24.0 Å². The summed E-state index contributed by atoms with van der Waals surface area (Å²) in [6.07, 6.45) is 5.44. The van der Waals surface area contributed by atoms with Crippen LogP contribution in [0.25, 0.3) is 0 Å². The molecular weight excluding hydrogens is 381 g/mol. The minimum Gasteiger partial charge on any atom is -0.309 e. The van der Waals surface area contributed by atoms with Crippen LogP contribution in [-0.2, 0) is 14.4 Å². The molecule has 10 heteroatoms. The Morgan fingerprint density at radius 2 is 2.14 bits per heavy atom. The first kappa shape index (κ1) is 21.1. The van der Waals surface area contributed by atoms with Crippen molar-refractivity contribution in [3.63, 3.8) is 0 Å². The van der Waals surface area contributed by atoms with Gasteiger partial charge in [0.2, 0.25) is 24.2 Å². The van der Waals surface area contributed by atoms with Crippen molar-refractivity contribution in [1.82, 2.24) is 20.5 Å². The van der Waals surface area contributed by atoms with Gasteiger partial charge in [-0.05, 0) is 30.9 Å². The number of aromatic nitrogens is 1. The number of hydroxylamine groups is 2. The van der Waals surface area contributed by atoms with Gasteiger partial charge in [-0.25, -0.2) is 15.5 Å². The second-order valence-corrected chi connectivity index (χ2v) is 7.57. The average molecular weight is 407 g/mol. The lowest BCUT2D eigenvalue weighted by molar-refractivity contribution is -0.159. The summed E-state index contributed by atoms with van der Waals surface area (Å²) in [6, 6.07) is 3.28. The molecule has 1 aromatic rings. The van der Waals surface area contributed by atoms with E-state index in [-0.39, 0.29) is 24.7 Å². The van der Waals surface area contributed by atoms with Crippen LogP contribution in [-0.4, -0.2) is 57.6 Å². The van der Waals surface area contributed by atoms with Crippen LogP contribution in [0.2, 0.25) is 0 Å². The van der Waals surface area contributed by atoms with Crippen LogP contribution in [0, 0.1) is 17.8 Å². The summed E-state index contributed by atoms with van der Waals surface area (Å²) in [5, 5.41) is 13.9. The molecule has 9 nitrogen and oxygen atoms in total. The molecule has 29 heavy (non-hydrogen) atoms. The van der Waals surface area contributed by atoms with E-state index in [4.69, 9.17) is 0 Å². The van der Waals surface area contributed by atoms with Crippen molar-refractivity contribution in [3.8, 4) is 0 Å². The molecule has 3 amide bonds. The molecule has 3 N–H and O–H groups in total. The lowest BCUT2D eigenvalue weighted by Crippen LogP contribution is -2.51. The molecule has 2 aliphatic rings. The fraction of sp³-hybridized carbons (Fsp3) is 0.579. The third kappa shape index (κ3) is 5.48. The van der Waals surface area contributed by atoms with E-state index in [1.54, 1.807) is 0 Å². The van der Waals surface area contributed by atoms with Gasteiger partial charge in [-0.15, -0.1) is 0 Å². The Bertz CT molecular complexity index is 743. The topological polar surface area (TPSA) is 115 Å². The van der Waals surface area contributed by atoms with Gasteiger partial charge in [0.25, 0.3) is 0 Å². The molecule has 1 aliphatic carbocycles. The van der Waals surface area contributed by atoms with Gasteiger partial charge in [0.05, 0.1) is 12.5 Å². The minimum atomic E-state index is -0.790. The molecule has 1 saturated carbocycles. The smallest absolute Gasteiger partial charge is 0.250 e. The van der Waals surface area contributed by atoms with Crippen LogP contribution < -0.4 is 10.7 Å². The van der Waals surface area contributed by atoms with Crippen molar-refractivity contribution in [1.29, 1.82) is 0 Å². The maximum absolute atomic E-state index is 13.3. The first-order valence-corrected chi connectivity index (χ1v) is 9.88. The number of nitrogens with one attached hydrogen (secondary N) is 2. The second kappa shape index (κ2) is 9.75. The molecule has 2 fully saturated rings. The lowest BCUT2D eigenvalue weighted by Gasteiger charge is -2.29. The number of carbonyl (C=O) groups excluding carboxylic acids is 3. The summed E-state index contributed by atoms with van der Waals surface area (Å²) in [5.41, 5.74) is 2.92. The second-order valence-electron chi connectivity index (χ2n) is 7.57. The fourth-order valence-electron chi connectivity index (χ4n) is 4.10. The van der Waals surface area contributed by atoms with Crippen LogP contribution in [0.4, 0.5) is 10.2 Å². The van der Waals surface area contributed by atoms with E-state index in [0.717, 1.165) is 25.7 Å². The highest BCUT2D eigenvalue weighted by Gasteiger charge is 2.39. The maximum Gasteiger partial charge on any atom is 0.250 e. The number of hydrazine groups is 1. The van der Waals surface area contributed by atoms with Crippen LogP contribution in [0.5, 0.6) is 0 Å². The Balaban J connectivity index is 1.69. The van der Waals surface area contributed by atoms with Gasteiger partial charge in [0.15, 0.2) is 0 Å². The van der Waals surface area contributed by atoms with E-state index < -0.39 is 23.8 Å². The van der Waals surface area contributed by atoms with Gasteiger partial charge in [-0.2, -0.15) is 4.39 Å². The third-order valence-corrected chi connectivity index (χ3v) is 5.49. The largest absolute Gasteiger partial charge is 0.309 e.